The highest BCUT2D eigenvalue weighted by Crippen LogP contribution is 2.28. The molecule has 1 heterocycles. The van der Waals surface area contributed by atoms with Gasteiger partial charge in [-0.1, -0.05) is 20.8 Å². The average Bonchev–Trinajstić information content (AvgIpc) is 2.68. The molecule has 1 aromatic carbocycles. The zero-order valence-electron chi connectivity index (χ0n) is 11.4. The van der Waals surface area contributed by atoms with Gasteiger partial charge in [0, 0.05) is 12.5 Å². The highest BCUT2D eigenvalue weighted by molar-refractivity contribution is 7.18. The van der Waals surface area contributed by atoms with Crippen molar-refractivity contribution >= 4 is 21.6 Å². The Hall–Kier alpha value is -1.13. The van der Waals surface area contributed by atoms with Crippen LogP contribution < -0.4 is 10.5 Å². The van der Waals surface area contributed by atoms with Gasteiger partial charge in [-0.05, 0) is 23.6 Å². The SMILES string of the molecule is COc1ccc2nc(CC(N)C(C)(C)C)sc2c1. The molecule has 0 aliphatic rings. The topological polar surface area (TPSA) is 48.1 Å². The van der Waals surface area contributed by atoms with Gasteiger partial charge in [-0.25, -0.2) is 4.98 Å². The van der Waals surface area contributed by atoms with Crippen molar-refractivity contribution in [2.75, 3.05) is 7.11 Å². The van der Waals surface area contributed by atoms with Crippen molar-refractivity contribution in [2.45, 2.75) is 33.2 Å². The summed E-state index contributed by atoms with van der Waals surface area (Å²) in [6, 6.07) is 6.09. The summed E-state index contributed by atoms with van der Waals surface area (Å²) in [4.78, 5) is 4.62. The maximum Gasteiger partial charge on any atom is 0.120 e. The van der Waals surface area contributed by atoms with Gasteiger partial charge in [-0.2, -0.15) is 0 Å². The Labute approximate surface area is 112 Å². The highest BCUT2D eigenvalue weighted by atomic mass is 32.1. The zero-order chi connectivity index (χ0) is 13.3. The first-order valence-electron chi connectivity index (χ1n) is 6.09. The molecule has 2 N–H and O–H groups in total. The van der Waals surface area contributed by atoms with Crippen LogP contribution in [0.2, 0.25) is 0 Å². The normalized spacial score (nSPS) is 13.8. The minimum atomic E-state index is 0.107. The van der Waals surface area contributed by atoms with Crippen molar-refractivity contribution in [1.82, 2.24) is 4.98 Å². The Morgan fingerprint density at radius 2 is 2.11 bits per heavy atom. The van der Waals surface area contributed by atoms with Crippen LogP contribution in [0.3, 0.4) is 0 Å². The Kier molecular flexibility index (Phi) is 3.59. The molecule has 0 fully saturated rings. The lowest BCUT2D eigenvalue weighted by Crippen LogP contribution is -2.36. The second kappa shape index (κ2) is 4.86. The average molecular weight is 264 g/mol. The molecule has 4 heteroatoms. The van der Waals surface area contributed by atoms with E-state index in [2.05, 4.69) is 25.8 Å². The van der Waals surface area contributed by atoms with Crippen LogP contribution in [0.4, 0.5) is 0 Å². The Morgan fingerprint density at radius 1 is 1.39 bits per heavy atom. The lowest BCUT2D eigenvalue weighted by molar-refractivity contribution is 0.318. The number of hydrogen-bond acceptors (Lipinski definition) is 4. The minimum absolute atomic E-state index is 0.107. The highest BCUT2D eigenvalue weighted by Gasteiger charge is 2.22. The predicted octanol–water partition coefficient (Wildman–Crippen LogP) is 3.22. The minimum Gasteiger partial charge on any atom is -0.497 e. The summed E-state index contributed by atoms with van der Waals surface area (Å²) in [5.74, 6) is 0.873. The molecule has 18 heavy (non-hydrogen) atoms. The van der Waals surface area contributed by atoms with E-state index in [4.69, 9.17) is 10.5 Å². The fourth-order valence-electron chi connectivity index (χ4n) is 1.66. The molecule has 0 saturated carbocycles. The molecular weight excluding hydrogens is 244 g/mol. The Morgan fingerprint density at radius 3 is 2.72 bits per heavy atom. The molecule has 0 aliphatic heterocycles. The number of nitrogens with two attached hydrogens (primary N) is 1. The van der Waals surface area contributed by atoms with Crippen LogP contribution in [0.1, 0.15) is 25.8 Å². The number of hydrogen-bond donors (Lipinski definition) is 1. The van der Waals surface area contributed by atoms with Gasteiger partial charge in [-0.15, -0.1) is 11.3 Å². The van der Waals surface area contributed by atoms with Crippen molar-refractivity contribution in [2.24, 2.45) is 11.1 Å². The molecule has 1 unspecified atom stereocenters. The Bertz CT molecular complexity index is 542. The van der Waals surface area contributed by atoms with E-state index in [1.807, 2.05) is 18.2 Å². The van der Waals surface area contributed by atoms with E-state index in [0.29, 0.717) is 0 Å². The van der Waals surface area contributed by atoms with Gasteiger partial charge < -0.3 is 10.5 Å². The summed E-state index contributed by atoms with van der Waals surface area (Å²) in [5, 5.41) is 1.10. The molecular formula is C14H20N2OS. The number of thiazole rings is 1. The molecule has 0 aliphatic carbocycles. The van der Waals surface area contributed by atoms with Crippen molar-refractivity contribution < 1.29 is 4.74 Å². The van der Waals surface area contributed by atoms with E-state index < -0.39 is 0 Å². The molecule has 98 valence electrons. The molecule has 1 aromatic heterocycles. The third-order valence-corrected chi connectivity index (χ3v) is 4.19. The number of rotatable bonds is 3. The number of benzene rings is 1. The molecule has 3 nitrogen and oxygen atoms in total. The predicted molar refractivity (Wildman–Crippen MR) is 77.3 cm³/mol. The fraction of sp³-hybridized carbons (Fsp3) is 0.500. The summed E-state index contributed by atoms with van der Waals surface area (Å²) < 4.78 is 6.38. The van der Waals surface area contributed by atoms with Gasteiger partial charge in [0.25, 0.3) is 0 Å². The summed E-state index contributed by atoms with van der Waals surface area (Å²) >= 11 is 1.70. The van der Waals surface area contributed by atoms with Crippen LogP contribution in [0.5, 0.6) is 5.75 Å². The second-order valence-corrected chi connectivity index (χ2v) is 6.73. The van der Waals surface area contributed by atoms with Gasteiger partial charge in [0.1, 0.15) is 5.75 Å². The third kappa shape index (κ3) is 2.82. The summed E-state index contributed by atoms with van der Waals surface area (Å²) in [5.41, 5.74) is 7.33. The number of ether oxygens (including phenoxy) is 1. The summed E-state index contributed by atoms with van der Waals surface area (Å²) in [7, 11) is 1.68. The molecule has 0 bridgehead atoms. The Balaban J connectivity index is 2.25. The second-order valence-electron chi connectivity index (χ2n) is 5.62. The molecule has 0 spiro atoms. The molecule has 0 amide bonds. The van der Waals surface area contributed by atoms with Crippen molar-refractivity contribution in [3.05, 3.63) is 23.2 Å². The summed E-state index contributed by atoms with van der Waals surface area (Å²) in [6.07, 6.45) is 0.825. The van der Waals surface area contributed by atoms with Crippen molar-refractivity contribution in [1.29, 1.82) is 0 Å². The number of methoxy groups -OCH3 is 1. The van der Waals surface area contributed by atoms with Crippen LogP contribution in [0, 0.1) is 5.41 Å². The van der Waals surface area contributed by atoms with Crippen LogP contribution in [-0.4, -0.2) is 18.1 Å². The molecule has 2 rings (SSSR count). The van der Waals surface area contributed by atoms with E-state index >= 15 is 0 Å². The maximum atomic E-state index is 6.20. The first-order valence-corrected chi connectivity index (χ1v) is 6.91. The van der Waals surface area contributed by atoms with Gasteiger partial charge in [0.05, 0.1) is 22.3 Å². The van der Waals surface area contributed by atoms with Crippen LogP contribution in [0.25, 0.3) is 10.2 Å². The standard InChI is InChI=1S/C14H20N2OS/c1-14(2,3)12(15)8-13-16-10-6-5-9(17-4)7-11(10)18-13/h5-7,12H,8,15H2,1-4H3. The lowest BCUT2D eigenvalue weighted by atomic mass is 9.86. The van der Waals surface area contributed by atoms with Crippen molar-refractivity contribution in [3.8, 4) is 5.75 Å². The van der Waals surface area contributed by atoms with Gasteiger partial charge >= 0.3 is 0 Å². The monoisotopic (exact) mass is 264 g/mol. The number of fused-ring (bicyclic) bond motifs is 1. The van der Waals surface area contributed by atoms with E-state index in [0.717, 1.165) is 27.4 Å². The molecule has 0 radical (unpaired) electrons. The van der Waals surface area contributed by atoms with E-state index in [1.165, 1.54) is 0 Å². The fourth-order valence-corrected chi connectivity index (χ4v) is 2.72. The molecule has 1 atom stereocenters. The number of aromatic nitrogens is 1. The number of nitrogens with zero attached hydrogens (tertiary/aromatic N) is 1. The van der Waals surface area contributed by atoms with Gasteiger partial charge in [-0.3, -0.25) is 0 Å². The largest absolute Gasteiger partial charge is 0.497 e. The molecule has 2 aromatic rings. The van der Waals surface area contributed by atoms with E-state index in [-0.39, 0.29) is 11.5 Å². The quantitative estimate of drug-likeness (QED) is 0.926. The lowest BCUT2D eigenvalue weighted by Gasteiger charge is -2.26. The smallest absolute Gasteiger partial charge is 0.120 e. The van der Waals surface area contributed by atoms with Crippen LogP contribution >= 0.6 is 11.3 Å². The zero-order valence-corrected chi connectivity index (χ0v) is 12.2. The van der Waals surface area contributed by atoms with Crippen LogP contribution in [-0.2, 0) is 6.42 Å². The first kappa shape index (κ1) is 13.3. The van der Waals surface area contributed by atoms with E-state index in [1.54, 1.807) is 18.4 Å². The van der Waals surface area contributed by atoms with Gasteiger partial charge in [0.15, 0.2) is 0 Å². The van der Waals surface area contributed by atoms with Gasteiger partial charge in [0.2, 0.25) is 0 Å². The maximum absolute atomic E-state index is 6.20. The summed E-state index contributed by atoms with van der Waals surface area (Å²) in [6.45, 7) is 6.48. The van der Waals surface area contributed by atoms with Crippen LogP contribution in [0.15, 0.2) is 18.2 Å². The van der Waals surface area contributed by atoms with E-state index in [9.17, 15) is 0 Å². The first-order chi connectivity index (χ1) is 8.40. The van der Waals surface area contributed by atoms with Crippen molar-refractivity contribution in [3.63, 3.8) is 0 Å². The molecule has 0 saturated heterocycles. The third-order valence-electron chi connectivity index (χ3n) is 3.15.